The van der Waals surface area contributed by atoms with Crippen LogP contribution in [0.5, 0.6) is 5.75 Å². The summed E-state index contributed by atoms with van der Waals surface area (Å²) in [5, 5.41) is 3.79. The lowest BCUT2D eigenvalue weighted by molar-refractivity contribution is -0.140. The summed E-state index contributed by atoms with van der Waals surface area (Å²) in [7, 11) is -2.51. The van der Waals surface area contributed by atoms with Gasteiger partial charge in [-0.3, -0.25) is 13.9 Å². The zero-order valence-corrected chi connectivity index (χ0v) is 26.2. The summed E-state index contributed by atoms with van der Waals surface area (Å²) in [5.74, 6) is -0.656. The van der Waals surface area contributed by atoms with Crippen molar-refractivity contribution >= 4 is 62.3 Å². The molecule has 3 aromatic carbocycles. The van der Waals surface area contributed by atoms with Crippen LogP contribution in [0.25, 0.3) is 0 Å². The summed E-state index contributed by atoms with van der Waals surface area (Å²) in [5.41, 5.74) is 1.53. The molecule has 12 heteroatoms. The van der Waals surface area contributed by atoms with Crippen molar-refractivity contribution < 1.29 is 22.7 Å². The van der Waals surface area contributed by atoms with E-state index < -0.39 is 28.5 Å². The van der Waals surface area contributed by atoms with Crippen LogP contribution in [0.1, 0.15) is 25.0 Å². The van der Waals surface area contributed by atoms with Crippen LogP contribution in [0.2, 0.25) is 15.1 Å². The number of methoxy groups -OCH3 is 1. The number of carbonyl (C=O) groups excluding carboxylic acids is 2. The zero-order valence-electron chi connectivity index (χ0n) is 23.1. The number of hydrogen-bond acceptors (Lipinski definition) is 5. The first-order valence-electron chi connectivity index (χ1n) is 12.7. The molecule has 8 nitrogen and oxygen atoms in total. The van der Waals surface area contributed by atoms with Crippen molar-refractivity contribution in [2.24, 2.45) is 0 Å². The highest BCUT2D eigenvalue weighted by Crippen LogP contribution is 2.31. The molecule has 220 valence electrons. The van der Waals surface area contributed by atoms with Gasteiger partial charge in [-0.2, -0.15) is 0 Å². The Labute approximate surface area is 256 Å². The number of carbonyl (C=O) groups is 2. The van der Waals surface area contributed by atoms with E-state index in [1.54, 1.807) is 18.2 Å². The predicted molar refractivity (Wildman–Crippen MR) is 164 cm³/mol. The number of ether oxygens (including phenoxy) is 1. The maximum Gasteiger partial charge on any atom is 0.244 e. The molecule has 3 aromatic rings. The van der Waals surface area contributed by atoms with E-state index in [0.29, 0.717) is 21.4 Å². The average Bonchev–Trinajstić information content (AvgIpc) is 2.89. The lowest BCUT2D eigenvalue weighted by atomic mass is 10.0. The predicted octanol–water partition coefficient (Wildman–Crippen LogP) is 5.59. The second kappa shape index (κ2) is 14.3. The summed E-state index contributed by atoms with van der Waals surface area (Å²) >= 11 is 18.8. The molecule has 0 saturated heterocycles. The van der Waals surface area contributed by atoms with Gasteiger partial charge in [-0.05, 0) is 55.3 Å². The molecule has 1 N–H and O–H groups in total. The number of halogens is 3. The molecule has 2 amide bonds. The summed E-state index contributed by atoms with van der Waals surface area (Å²) in [6.07, 6.45) is 1.18. The third-order valence-electron chi connectivity index (χ3n) is 6.16. The molecule has 0 spiro atoms. The van der Waals surface area contributed by atoms with Crippen molar-refractivity contribution in [3.63, 3.8) is 0 Å². The molecule has 41 heavy (non-hydrogen) atoms. The van der Waals surface area contributed by atoms with Crippen LogP contribution in [0, 0.1) is 0 Å². The van der Waals surface area contributed by atoms with Crippen molar-refractivity contribution in [1.82, 2.24) is 10.2 Å². The van der Waals surface area contributed by atoms with Gasteiger partial charge in [0.15, 0.2) is 0 Å². The van der Waals surface area contributed by atoms with Crippen molar-refractivity contribution in [2.75, 3.05) is 24.2 Å². The van der Waals surface area contributed by atoms with Gasteiger partial charge in [0.05, 0.1) is 24.1 Å². The molecular weight excluding hydrogens is 609 g/mol. The van der Waals surface area contributed by atoms with E-state index >= 15 is 0 Å². The van der Waals surface area contributed by atoms with Gasteiger partial charge in [-0.1, -0.05) is 71.2 Å². The zero-order chi connectivity index (χ0) is 30.3. The molecule has 0 aliphatic rings. The topological polar surface area (TPSA) is 96.0 Å². The number of sulfonamides is 1. The van der Waals surface area contributed by atoms with Crippen LogP contribution in [-0.2, 0) is 32.6 Å². The fraction of sp³-hybridized carbons (Fsp3) is 0.310. The standard InChI is InChI=1S/C29H32Cl3N3O5S/c1-19(2)33-29(37)26(14-20-8-6-5-7-9-20)34(17-21-10-11-22(30)15-24(21)31)28(36)18-35(41(4,38)39)23-12-13-27(40-3)25(32)16-23/h5-13,15-16,19,26H,14,17-18H2,1-4H3,(H,33,37)/t26-/m1/s1. The highest BCUT2D eigenvalue weighted by atomic mass is 35.5. The fourth-order valence-corrected chi connectivity index (χ4v) is 5.75. The normalized spacial score (nSPS) is 12.1. The molecule has 0 heterocycles. The summed E-state index contributed by atoms with van der Waals surface area (Å²) in [6.45, 7) is 2.97. The van der Waals surface area contributed by atoms with Crippen molar-refractivity contribution in [3.8, 4) is 5.75 Å². The molecule has 3 rings (SSSR count). The van der Waals surface area contributed by atoms with Crippen molar-refractivity contribution in [2.45, 2.75) is 38.9 Å². The monoisotopic (exact) mass is 639 g/mol. The maximum absolute atomic E-state index is 14.1. The molecule has 0 radical (unpaired) electrons. The Bertz CT molecular complexity index is 1490. The SMILES string of the molecule is COc1ccc(N(CC(=O)N(Cc2ccc(Cl)cc2Cl)[C@H](Cc2ccccc2)C(=O)NC(C)C)S(C)(=O)=O)cc1Cl. The van der Waals surface area contributed by atoms with Crippen LogP contribution in [0.15, 0.2) is 66.7 Å². The number of benzene rings is 3. The highest BCUT2D eigenvalue weighted by Gasteiger charge is 2.33. The second-order valence-corrected chi connectivity index (χ2v) is 12.9. The minimum Gasteiger partial charge on any atom is -0.495 e. The quantitative estimate of drug-likeness (QED) is 0.279. The fourth-order valence-electron chi connectivity index (χ4n) is 4.19. The summed E-state index contributed by atoms with van der Waals surface area (Å²) in [6, 6.07) is 17.3. The number of hydrogen-bond donors (Lipinski definition) is 1. The molecule has 0 bridgehead atoms. The Morgan fingerprint density at radius 2 is 1.63 bits per heavy atom. The Morgan fingerprint density at radius 3 is 2.20 bits per heavy atom. The lowest BCUT2D eigenvalue weighted by Gasteiger charge is -2.34. The molecule has 1 atom stereocenters. The largest absolute Gasteiger partial charge is 0.495 e. The van der Waals surface area contributed by atoms with Crippen molar-refractivity contribution in [1.29, 1.82) is 0 Å². The highest BCUT2D eigenvalue weighted by molar-refractivity contribution is 7.92. The van der Waals surface area contributed by atoms with Gasteiger partial charge in [0.2, 0.25) is 21.8 Å². The van der Waals surface area contributed by atoms with Gasteiger partial charge < -0.3 is 15.0 Å². The minimum atomic E-state index is -3.95. The van der Waals surface area contributed by atoms with Gasteiger partial charge in [0.25, 0.3) is 0 Å². The third-order valence-corrected chi connectivity index (χ3v) is 8.18. The molecular formula is C29H32Cl3N3O5S. The smallest absolute Gasteiger partial charge is 0.244 e. The van der Waals surface area contributed by atoms with Gasteiger partial charge >= 0.3 is 0 Å². The van der Waals surface area contributed by atoms with Gasteiger partial charge in [0, 0.05) is 29.1 Å². The van der Waals surface area contributed by atoms with Crippen LogP contribution >= 0.6 is 34.8 Å². The van der Waals surface area contributed by atoms with Crippen molar-refractivity contribution in [3.05, 3.63) is 92.9 Å². The Morgan fingerprint density at radius 1 is 0.951 bits per heavy atom. The van der Waals surface area contributed by atoms with E-state index in [1.165, 1.54) is 30.2 Å². The maximum atomic E-state index is 14.1. The molecule has 0 fully saturated rings. The number of anilines is 1. The molecule has 0 aliphatic carbocycles. The minimum absolute atomic E-state index is 0.0706. The van der Waals surface area contributed by atoms with Crippen LogP contribution in [0.4, 0.5) is 5.69 Å². The average molecular weight is 641 g/mol. The van der Waals surface area contributed by atoms with E-state index in [9.17, 15) is 18.0 Å². The number of rotatable bonds is 12. The van der Waals surface area contributed by atoms with Gasteiger partial charge in [-0.25, -0.2) is 8.42 Å². The summed E-state index contributed by atoms with van der Waals surface area (Å²) in [4.78, 5) is 29.0. The molecule has 0 aliphatic heterocycles. The number of amides is 2. The lowest BCUT2D eigenvalue weighted by Crippen LogP contribution is -2.54. The second-order valence-electron chi connectivity index (χ2n) is 9.71. The Hall–Kier alpha value is -2.98. The molecule has 0 aromatic heterocycles. The number of nitrogens with one attached hydrogen (secondary N) is 1. The molecule has 0 saturated carbocycles. The first kappa shape index (κ1) is 32.5. The molecule has 0 unspecified atom stereocenters. The van der Waals surface area contributed by atoms with E-state index in [2.05, 4.69) is 5.32 Å². The van der Waals surface area contributed by atoms with E-state index in [1.807, 2.05) is 44.2 Å². The third kappa shape index (κ3) is 9.00. The Balaban J connectivity index is 2.09. The van der Waals surface area contributed by atoms with Gasteiger partial charge in [0.1, 0.15) is 18.3 Å². The van der Waals surface area contributed by atoms with E-state index in [-0.39, 0.29) is 35.6 Å². The van der Waals surface area contributed by atoms with Crippen LogP contribution < -0.4 is 14.4 Å². The Kier molecular flexibility index (Phi) is 11.3. The van der Waals surface area contributed by atoms with Crippen LogP contribution in [0.3, 0.4) is 0 Å². The van der Waals surface area contributed by atoms with Gasteiger partial charge in [-0.15, -0.1) is 0 Å². The first-order chi connectivity index (χ1) is 19.3. The van der Waals surface area contributed by atoms with E-state index in [4.69, 9.17) is 39.5 Å². The summed E-state index contributed by atoms with van der Waals surface area (Å²) < 4.78 is 31.9. The first-order valence-corrected chi connectivity index (χ1v) is 15.7. The van der Waals surface area contributed by atoms with E-state index in [0.717, 1.165) is 16.1 Å². The number of nitrogens with zero attached hydrogens (tertiary/aromatic N) is 2. The van der Waals surface area contributed by atoms with Crippen LogP contribution in [-0.4, -0.2) is 57.1 Å².